The van der Waals surface area contributed by atoms with E-state index in [0.29, 0.717) is 58.3 Å². The van der Waals surface area contributed by atoms with Crippen LogP contribution in [0.3, 0.4) is 0 Å². The second-order valence-electron chi connectivity index (χ2n) is 5.54. The topological polar surface area (TPSA) is 86.2 Å². The van der Waals surface area contributed by atoms with Crippen molar-refractivity contribution in [3.05, 3.63) is 23.9 Å². The summed E-state index contributed by atoms with van der Waals surface area (Å²) in [6.07, 6.45) is 1.59. The van der Waals surface area contributed by atoms with Gasteiger partial charge in [0.2, 0.25) is 0 Å². The highest BCUT2D eigenvalue weighted by Crippen LogP contribution is 2.19. The van der Waals surface area contributed by atoms with Crippen LogP contribution >= 0.6 is 0 Å². The second-order valence-corrected chi connectivity index (χ2v) is 5.54. The number of aromatic nitrogens is 1. The third-order valence-corrected chi connectivity index (χ3v) is 4.15. The first kappa shape index (κ1) is 15.5. The molecule has 3 rings (SSSR count). The average Bonchev–Trinajstić information content (AvgIpc) is 2.62. The fourth-order valence-corrected chi connectivity index (χ4v) is 2.88. The van der Waals surface area contributed by atoms with Gasteiger partial charge in [0.25, 0.3) is 0 Å². The van der Waals surface area contributed by atoms with Gasteiger partial charge in [-0.3, -0.25) is 0 Å². The minimum Gasteiger partial charge on any atom is -0.478 e. The summed E-state index contributed by atoms with van der Waals surface area (Å²) in [5, 5.41) is 9.26. The molecule has 1 N–H and O–H groups in total. The van der Waals surface area contributed by atoms with E-state index in [-0.39, 0.29) is 11.6 Å². The van der Waals surface area contributed by atoms with Crippen LogP contribution in [0.15, 0.2) is 18.3 Å². The van der Waals surface area contributed by atoms with Gasteiger partial charge in [-0.1, -0.05) is 0 Å². The standard InChI is InChI=1S/C15H20N4O4/c20-14(21)12-2-1-3-16-13(12)17-4-6-18(7-5-17)15(22)19-8-10-23-11-9-19/h1-3H,4-11H2,(H,20,21). The monoisotopic (exact) mass is 320 g/mol. The van der Waals surface area contributed by atoms with Gasteiger partial charge in [0.05, 0.1) is 13.2 Å². The molecule has 0 aliphatic carbocycles. The zero-order chi connectivity index (χ0) is 16.2. The number of carbonyl (C=O) groups excluding carboxylic acids is 1. The molecule has 1 aromatic rings. The highest BCUT2D eigenvalue weighted by atomic mass is 16.5. The number of nitrogens with zero attached hydrogens (tertiary/aromatic N) is 4. The van der Waals surface area contributed by atoms with E-state index in [4.69, 9.17) is 4.74 Å². The predicted molar refractivity (Wildman–Crippen MR) is 82.8 cm³/mol. The summed E-state index contributed by atoms with van der Waals surface area (Å²) in [6, 6.07) is 3.20. The van der Waals surface area contributed by atoms with Crippen LogP contribution in [0.25, 0.3) is 0 Å². The number of urea groups is 1. The smallest absolute Gasteiger partial charge is 0.339 e. The lowest BCUT2D eigenvalue weighted by Crippen LogP contribution is -2.55. The molecule has 8 nitrogen and oxygen atoms in total. The Bertz CT molecular complexity index is 581. The maximum Gasteiger partial charge on any atom is 0.339 e. The van der Waals surface area contributed by atoms with Gasteiger partial charge >= 0.3 is 12.0 Å². The van der Waals surface area contributed by atoms with Crippen molar-refractivity contribution in [3.63, 3.8) is 0 Å². The molecule has 2 fully saturated rings. The van der Waals surface area contributed by atoms with Gasteiger partial charge in [0.15, 0.2) is 0 Å². The normalized spacial score (nSPS) is 18.9. The van der Waals surface area contributed by atoms with Crippen molar-refractivity contribution in [2.24, 2.45) is 0 Å². The highest BCUT2D eigenvalue weighted by Gasteiger charge is 2.28. The summed E-state index contributed by atoms with van der Waals surface area (Å²) in [7, 11) is 0. The third-order valence-electron chi connectivity index (χ3n) is 4.15. The number of ether oxygens (including phenoxy) is 1. The molecule has 8 heteroatoms. The molecule has 2 aliphatic rings. The third kappa shape index (κ3) is 3.37. The number of carboxylic acid groups (broad SMARTS) is 1. The molecule has 2 aliphatic heterocycles. The van der Waals surface area contributed by atoms with E-state index in [1.807, 2.05) is 14.7 Å². The summed E-state index contributed by atoms with van der Waals surface area (Å²) < 4.78 is 5.26. The van der Waals surface area contributed by atoms with Crippen molar-refractivity contribution < 1.29 is 19.4 Å². The summed E-state index contributed by atoms with van der Waals surface area (Å²) in [4.78, 5) is 33.5. The Morgan fingerprint density at radius 1 is 1.04 bits per heavy atom. The number of carboxylic acids is 1. The molecule has 2 saturated heterocycles. The Labute approximate surface area is 134 Å². The van der Waals surface area contributed by atoms with Crippen molar-refractivity contribution in [1.29, 1.82) is 0 Å². The van der Waals surface area contributed by atoms with Crippen LogP contribution in [0.4, 0.5) is 10.6 Å². The molecule has 0 saturated carbocycles. The summed E-state index contributed by atoms with van der Waals surface area (Å²) in [5.74, 6) is -0.515. The molecule has 2 amide bonds. The summed E-state index contributed by atoms with van der Waals surface area (Å²) in [5.41, 5.74) is 0.195. The van der Waals surface area contributed by atoms with E-state index in [0.717, 1.165) is 0 Å². The van der Waals surface area contributed by atoms with Gasteiger partial charge in [0.1, 0.15) is 11.4 Å². The zero-order valence-electron chi connectivity index (χ0n) is 12.8. The highest BCUT2D eigenvalue weighted by molar-refractivity contribution is 5.93. The molecule has 23 heavy (non-hydrogen) atoms. The lowest BCUT2D eigenvalue weighted by molar-refractivity contribution is 0.0428. The van der Waals surface area contributed by atoms with Gasteiger partial charge in [-0.15, -0.1) is 0 Å². The molecule has 0 spiro atoms. The van der Waals surface area contributed by atoms with E-state index in [2.05, 4.69) is 4.98 Å². The number of piperazine rings is 1. The Morgan fingerprint density at radius 3 is 2.35 bits per heavy atom. The van der Waals surface area contributed by atoms with E-state index in [1.54, 1.807) is 18.3 Å². The van der Waals surface area contributed by atoms with Gasteiger partial charge in [0, 0.05) is 45.5 Å². The van der Waals surface area contributed by atoms with E-state index >= 15 is 0 Å². The first-order valence-corrected chi connectivity index (χ1v) is 7.71. The SMILES string of the molecule is O=C(O)c1cccnc1N1CCN(C(=O)N2CCOCC2)CC1. The maximum absolute atomic E-state index is 12.4. The van der Waals surface area contributed by atoms with Crippen molar-refractivity contribution >= 4 is 17.8 Å². The number of pyridine rings is 1. The summed E-state index contributed by atoms with van der Waals surface area (Å²) in [6.45, 7) is 4.70. The van der Waals surface area contributed by atoms with Crippen molar-refractivity contribution in [2.45, 2.75) is 0 Å². The number of anilines is 1. The lowest BCUT2D eigenvalue weighted by Gasteiger charge is -2.39. The van der Waals surface area contributed by atoms with E-state index < -0.39 is 5.97 Å². The molecule has 0 bridgehead atoms. The molecule has 0 radical (unpaired) electrons. The molecular formula is C15H20N4O4. The van der Waals surface area contributed by atoms with Crippen LogP contribution in [-0.4, -0.2) is 84.4 Å². The number of morpholine rings is 1. The molecular weight excluding hydrogens is 300 g/mol. The number of hydrogen-bond acceptors (Lipinski definition) is 5. The lowest BCUT2D eigenvalue weighted by atomic mass is 10.2. The predicted octanol–water partition coefficient (Wildman–Crippen LogP) is 0.354. The van der Waals surface area contributed by atoms with E-state index in [1.165, 1.54) is 0 Å². The number of hydrogen-bond donors (Lipinski definition) is 1. The maximum atomic E-state index is 12.4. The minimum atomic E-state index is -0.986. The van der Waals surface area contributed by atoms with Crippen molar-refractivity contribution in [2.75, 3.05) is 57.4 Å². The Kier molecular flexibility index (Phi) is 4.61. The number of carbonyl (C=O) groups is 2. The largest absolute Gasteiger partial charge is 0.478 e. The molecule has 0 aromatic carbocycles. The average molecular weight is 320 g/mol. The number of amides is 2. The van der Waals surface area contributed by atoms with Gasteiger partial charge in [-0.05, 0) is 12.1 Å². The molecule has 124 valence electrons. The van der Waals surface area contributed by atoms with Gasteiger partial charge in [-0.2, -0.15) is 0 Å². The molecule has 0 unspecified atom stereocenters. The van der Waals surface area contributed by atoms with Gasteiger partial charge < -0.3 is 24.5 Å². The van der Waals surface area contributed by atoms with Crippen LogP contribution in [-0.2, 0) is 4.74 Å². The first-order valence-electron chi connectivity index (χ1n) is 7.71. The zero-order valence-corrected chi connectivity index (χ0v) is 12.8. The van der Waals surface area contributed by atoms with Crippen LogP contribution in [0.5, 0.6) is 0 Å². The van der Waals surface area contributed by atoms with Crippen molar-refractivity contribution in [3.8, 4) is 0 Å². The summed E-state index contributed by atoms with van der Waals surface area (Å²) >= 11 is 0. The molecule has 1 aromatic heterocycles. The fraction of sp³-hybridized carbons (Fsp3) is 0.533. The second kappa shape index (κ2) is 6.82. The van der Waals surface area contributed by atoms with Gasteiger partial charge in [-0.25, -0.2) is 14.6 Å². The fourth-order valence-electron chi connectivity index (χ4n) is 2.88. The molecule has 0 atom stereocenters. The van der Waals surface area contributed by atoms with Crippen molar-refractivity contribution in [1.82, 2.24) is 14.8 Å². The van der Waals surface area contributed by atoms with Crippen LogP contribution in [0.2, 0.25) is 0 Å². The Morgan fingerprint density at radius 2 is 1.70 bits per heavy atom. The van der Waals surface area contributed by atoms with E-state index in [9.17, 15) is 14.7 Å². The van der Waals surface area contributed by atoms with Crippen LogP contribution in [0.1, 0.15) is 10.4 Å². The van der Waals surface area contributed by atoms with Crippen LogP contribution in [0, 0.1) is 0 Å². The Hall–Kier alpha value is -2.35. The molecule has 3 heterocycles. The number of rotatable bonds is 2. The minimum absolute atomic E-state index is 0.0347. The quantitative estimate of drug-likeness (QED) is 0.846. The first-order chi connectivity index (χ1) is 11.2. The number of aromatic carboxylic acids is 1. The Balaban J connectivity index is 1.62. The van der Waals surface area contributed by atoms with Crippen LogP contribution < -0.4 is 4.90 Å².